The van der Waals surface area contributed by atoms with Crippen molar-refractivity contribution in [1.82, 2.24) is 14.6 Å². The molecule has 0 saturated carbocycles. The number of aromatic amines is 1. The number of benzene rings is 1. The van der Waals surface area contributed by atoms with Crippen molar-refractivity contribution < 1.29 is 38.1 Å². The third kappa shape index (κ3) is 6.68. The molecule has 0 amide bonds. The maximum atomic E-state index is 13.7. The van der Waals surface area contributed by atoms with Crippen molar-refractivity contribution in [2.75, 3.05) is 6.61 Å². The Morgan fingerprint density at radius 2 is 1.97 bits per heavy atom. The minimum absolute atomic E-state index is 0.0798. The van der Waals surface area contributed by atoms with Gasteiger partial charge in [-0.3, -0.25) is 23.7 Å². The van der Waals surface area contributed by atoms with E-state index in [2.05, 4.69) is 15.1 Å². The van der Waals surface area contributed by atoms with Crippen LogP contribution in [0.2, 0.25) is 0 Å². The fourth-order valence-corrected chi connectivity index (χ4v) is 4.95. The summed E-state index contributed by atoms with van der Waals surface area (Å²) in [5.41, 5.74) is 5.03. The number of carbonyl (C=O) groups is 1. The highest BCUT2D eigenvalue weighted by molar-refractivity contribution is 7.52. The molecule has 4 N–H and O–H groups in total. The number of esters is 1. The van der Waals surface area contributed by atoms with Crippen LogP contribution in [0.4, 0.5) is 0 Å². The smallest absolute Gasteiger partial charge is 0.459 e. The van der Waals surface area contributed by atoms with Gasteiger partial charge in [-0.15, -0.1) is 0 Å². The first-order chi connectivity index (χ1) is 17.9. The SMILES string of the molecule is CC(C)OC(=O)[C@@H](C)NP(=O)(OC[C@@]1(N=[N+]=[N-])O[C@@H](n2ccc(=O)[nH]c2=O)[C@H](O)[C@@H]1O)Oc1ccccc1. The number of hydrogen-bond donors (Lipinski definition) is 4. The summed E-state index contributed by atoms with van der Waals surface area (Å²) in [6.07, 6.45) is -4.94. The fourth-order valence-electron chi connectivity index (χ4n) is 3.44. The molecular weight excluding hydrogens is 527 g/mol. The van der Waals surface area contributed by atoms with E-state index in [0.29, 0.717) is 0 Å². The lowest BCUT2D eigenvalue weighted by Gasteiger charge is -2.29. The number of H-pyrrole nitrogens is 1. The Bertz CT molecular complexity index is 1340. The molecule has 0 aliphatic carbocycles. The summed E-state index contributed by atoms with van der Waals surface area (Å²) < 4.78 is 36.1. The molecule has 2 heterocycles. The number of aliphatic hydroxyl groups excluding tert-OH is 2. The van der Waals surface area contributed by atoms with E-state index in [4.69, 9.17) is 24.1 Å². The lowest BCUT2D eigenvalue weighted by Crippen LogP contribution is -2.46. The number of para-hydroxylation sites is 1. The Balaban J connectivity index is 1.91. The fraction of sp³-hybridized carbons (Fsp3) is 0.476. The third-order valence-corrected chi connectivity index (χ3v) is 6.83. The van der Waals surface area contributed by atoms with Gasteiger partial charge in [0.05, 0.1) is 12.7 Å². The molecule has 16 nitrogen and oxygen atoms in total. The van der Waals surface area contributed by atoms with Crippen molar-refractivity contribution in [2.24, 2.45) is 5.11 Å². The van der Waals surface area contributed by atoms with Gasteiger partial charge in [0.1, 0.15) is 24.0 Å². The summed E-state index contributed by atoms with van der Waals surface area (Å²) in [4.78, 5) is 40.5. The van der Waals surface area contributed by atoms with E-state index < -0.39 is 67.9 Å². The Hall–Kier alpha value is -3.49. The Kier molecular flexibility index (Phi) is 9.12. The summed E-state index contributed by atoms with van der Waals surface area (Å²) in [5, 5.41) is 27.2. The number of aromatic nitrogens is 2. The van der Waals surface area contributed by atoms with Crippen LogP contribution in [0, 0.1) is 0 Å². The van der Waals surface area contributed by atoms with Crippen LogP contribution in [0.5, 0.6) is 5.75 Å². The van der Waals surface area contributed by atoms with Gasteiger partial charge in [0, 0.05) is 17.2 Å². The molecule has 206 valence electrons. The minimum Gasteiger partial charge on any atom is -0.462 e. The predicted octanol–water partition coefficient (Wildman–Crippen LogP) is 0.927. The average molecular weight is 554 g/mol. The first-order valence-corrected chi connectivity index (χ1v) is 12.8. The second kappa shape index (κ2) is 11.9. The zero-order chi connectivity index (χ0) is 28.1. The van der Waals surface area contributed by atoms with E-state index in [9.17, 15) is 29.2 Å². The Morgan fingerprint density at radius 3 is 2.58 bits per heavy atom. The van der Waals surface area contributed by atoms with Gasteiger partial charge in [0.15, 0.2) is 6.23 Å². The van der Waals surface area contributed by atoms with Crippen LogP contribution >= 0.6 is 7.75 Å². The van der Waals surface area contributed by atoms with E-state index in [-0.39, 0.29) is 5.75 Å². The maximum absolute atomic E-state index is 13.7. The van der Waals surface area contributed by atoms with Gasteiger partial charge in [0.2, 0.25) is 5.72 Å². The average Bonchev–Trinajstić information content (AvgIpc) is 3.09. The largest absolute Gasteiger partial charge is 0.462 e. The van der Waals surface area contributed by atoms with Crippen molar-refractivity contribution in [3.63, 3.8) is 0 Å². The number of azide groups is 1. The number of nitrogens with zero attached hydrogens (tertiary/aromatic N) is 4. The molecule has 0 radical (unpaired) electrons. The molecule has 1 fully saturated rings. The zero-order valence-corrected chi connectivity index (χ0v) is 21.4. The Morgan fingerprint density at radius 1 is 1.29 bits per heavy atom. The van der Waals surface area contributed by atoms with Gasteiger partial charge >= 0.3 is 19.4 Å². The standard InChI is InChI=1S/C21H27N6O10P/c1-12(2)35-19(31)13(3)24-38(33,37-14-7-5-4-6-8-14)34-11-21(25-26-22)17(30)16(29)18(36-21)27-10-9-15(28)23-20(27)32/h4-10,12-13,16-18,29-30H,11H2,1-3H3,(H,24,33)(H,23,28,32)/t13-,16-,17+,18-,21-,38?/m1/s1. The van der Waals surface area contributed by atoms with Gasteiger partial charge in [-0.05, 0) is 38.4 Å². The molecule has 0 bridgehead atoms. The zero-order valence-electron chi connectivity index (χ0n) is 20.5. The monoisotopic (exact) mass is 554 g/mol. The molecular formula is C21H27N6O10P. The van der Waals surface area contributed by atoms with E-state index >= 15 is 0 Å². The molecule has 0 spiro atoms. The maximum Gasteiger partial charge on any atom is 0.459 e. The normalized spacial score (nSPS) is 25.3. The molecule has 38 heavy (non-hydrogen) atoms. The molecule has 6 atom stereocenters. The van der Waals surface area contributed by atoms with Crippen LogP contribution in [0.25, 0.3) is 10.4 Å². The van der Waals surface area contributed by atoms with Crippen LogP contribution in [0.15, 0.2) is 57.3 Å². The number of aliphatic hydroxyl groups is 2. The van der Waals surface area contributed by atoms with Crippen molar-refractivity contribution in [2.45, 2.75) is 57.1 Å². The number of hydrogen-bond acceptors (Lipinski definition) is 11. The topological polar surface area (TPSA) is 227 Å². The molecule has 1 aliphatic rings. The van der Waals surface area contributed by atoms with Gasteiger partial charge in [-0.25, -0.2) is 9.36 Å². The first-order valence-electron chi connectivity index (χ1n) is 11.3. The predicted molar refractivity (Wildman–Crippen MR) is 130 cm³/mol. The summed E-state index contributed by atoms with van der Waals surface area (Å²) >= 11 is 0. The van der Waals surface area contributed by atoms with Gasteiger partial charge < -0.3 is 24.2 Å². The molecule has 1 saturated heterocycles. The first kappa shape index (κ1) is 29.1. The second-order valence-electron chi connectivity index (χ2n) is 8.51. The molecule has 1 unspecified atom stereocenters. The third-order valence-electron chi connectivity index (χ3n) is 5.21. The number of ether oxygens (including phenoxy) is 2. The van der Waals surface area contributed by atoms with Crippen LogP contribution < -0.4 is 20.9 Å². The van der Waals surface area contributed by atoms with E-state index in [0.717, 1.165) is 16.8 Å². The number of nitrogens with one attached hydrogen (secondary N) is 2. The molecule has 1 aliphatic heterocycles. The lowest BCUT2D eigenvalue weighted by molar-refractivity contribution is -0.149. The van der Waals surface area contributed by atoms with E-state index in [1.54, 1.807) is 32.0 Å². The summed E-state index contributed by atoms with van der Waals surface area (Å²) in [5.74, 6) is -0.688. The summed E-state index contributed by atoms with van der Waals surface area (Å²) in [7, 11) is -4.49. The molecule has 2 aromatic rings. The quantitative estimate of drug-likeness (QED) is 0.100. The summed E-state index contributed by atoms with van der Waals surface area (Å²) in [6.45, 7) is 3.63. The number of carbonyl (C=O) groups excluding carboxylic acids is 1. The molecule has 17 heteroatoms. The van der Waals surface area contributed by atoms with Crippen LogP contribution in [0.1, 0.15) is 27.0 Å². The lowest BCUT2D eigenvalue weighted by atomic mass is 10.1. The Labute approximate surface area is 215 Å². The van der Waals surface area contributed by atoms with Gasteiger partial charge in [-0.1, -0.05) is 23.3 Å². The van der Waals surface area contributed by atoms with Crippen molar-refractivity contribution in [1.29, 1.82) is 0 Å². The highest BCUT2D eigenvalue weighted by Gasteiger charge is 2.56. The molecule has 1 aromatic carbocycles. The minimum atomic E-state index is -4.49. The highest BCUT2D eigenvalue weighted by Crippen LogP contribution is 2.48. The van der Waals surface area contributed by atoms with Crippen LogP contribution in [-0.4, -0.2) is 62.4 Å². The number of rotatable bonds is 11. The molecule has 3 rings (SSSR count). The second-order valence-corrected chi connectivity index (χ2v) is 10.2. The van der Waals surface area contributed by atoms with Gasteiger partial charge in [-0.2, -0.15) is 5.09 Å². The highest BCUT2D eigenvalue weighted by atomic mass is 31.2. The van der Waals surface area contributed by atoms with Gasteiger partial charge in [0.25, 0.3) is 5.56 Å². The molecule has 1 aromatic heterocycles. The van der Waals surface area contributed by atoms with Crippen molar-refractivity contribution in [3.05, 3.63) is 73.9 Å². The van der Waals surface area contributed by atoms with Crippen LogP contribution in [-0.2, 0) is 23.4 Å². The summed E-state index contributed by atoms with van der Waals surface area (Å²) in [6, 6.07) is 7.54. The van der Waals surface area contributed by atoms with Crippen molar-refractivity contribution in [3.8, 4) is 5.75 Å². The van der Waals surface area contributed by atoms with E-state index in [1.165, 1.54) is 19.1 Å². The van der Waals surface area contributed by atoms with Crippen molar-refractivity contribution >= 4 is 13.7 Å². The van der Waals surface area contributed by atoms with Crippen LogP contribution in [0.3, 0.4) is 0 Å². The van der Waals surface area contributed by atoms with E-state index in [1.807, 2.05) is 4.98 Å².